The number of rotatable bonds is 38. The third-order valence-electron chi connectivity index (χ3n) is 11.1. The van der Waals surface area contributed by atoms with Gasteiger partial charge in [0.05, 0.1) is 32.3 Å². The Morgan fingerprint density at radius 1 is 0.732 bits per heavy atom. The molecular weight excluding hydrogens is 699 g/mol. The van der Waals surface area contributed by atoms with E-state index in [0.717, 1.165) is 96.6 Å². The highest BCUT2D eigenvalue weighted by Gasteiger charge is 2.40. The monoisotopic (exact) mass is 786 g/mol. The van der Waals surface area contributed by atoms with Crippen molar-refractivity contribution >= 4 is 11.9 Å². The molecule has 4 atom stereocenters. The number of nitrogens with zero attached hydrogens (tertiary/aromatic N) is 1. The van der Waals surface area contributed by atoms with Crippen molar-refractivity contribution in [1.29, 1.82) is 0 Å². The van der Waals surface area contributed by atoms with E-state index < -0.39 is 5.79 Å². The second-order valence-electron chi connectivity index (χ2n) is 17.0. The van der Waals surface area contributed by atoms with Crippen molar-refractivity contribution in [3.8, 4) is 0 Å². The number of hydrogen-bond acceptors (Lipinski definition) is 7. The lowest BCUT2D eigenvalue weighted by Crippen LogP contribution is -2.31. The first kappa shape index (κ1) is 51.9. The quantitative estimate of drug-likeness (QED) is 0.0350. The molecule has 1 saturated heterocycles. The van der Waals surface area contributed by atoms with Crippen molar-refractivity contribution in [2.45, 2.75) is 219 Å². The highest BCUT2D eigenvalue weighted by atomic mass is 16.7. The Labute approximate surface area is 345 Å². The first-order valence-electron chi connectivity index (χ1n) is 23.4. The average molecular weight is 786 g/mol. The van der Waals surface area contributed by atoms with Gasteiger partial charge in [-0.25, -0.2) is 0 Å². The molecule has 0 radical (unpaired) electrons. The molecule has 0 aliphatic carbocycles. The summed E-state index contributed by atoms with van der Waals surface area (Å²) in [5.41, 5.74) is 8.28. The summed E-state index contributed by atoms with van der Waals surface area (Å²) < 4.78 is 24.2. The normalized spacial score (nSPS) is 17.6. The fourth-order valence-electron chi connectivity index (χ4n) is 7.61. The van der Waals surface area contributed by atoms with Gasteiger partial charge in [-0.2, -0.15) is 0 Å². The van der Waals surface area contributed by atoms with E-state index in [1.54, 1.807) is 0 Å². The standard InChI is InChI=1S/C49H87NO6/c1-7-10-25-32-44(4)41-47(51)53-39-30-23-19-15-13-17-21-28-36-49(55-43-46(56-49)35-38-50(5)6)37-29-22-18-14-16-20-24-31-40-54-48(52)42-45(33-26-11-8-2)34-27-12-9-3/h33,44-46H,2,7,9-10,12-25,27-32,34-43H2,1,3-6H3. The molecule has 0 aromatic carbocycles. The van der Waals surface area contributed by atoms with Gasteiger partial charge in [0.2, 0.25) is 0 Å². The van der Waals surface area contributed by atoms with Crippen molar-refractivity contribution < 1.29 is 28.5 Å². The summed E-state index contributed by atoms with van der Waals surface area (Å²) >= 11 is 0. The van der Waals surface area contributed by atoms with Crippen molar-refractivity contribution in [3.05, 3.63) is 29.8 Å². The van der Waals surface area contributed by atoms with Crippen LogP contribution in [0.1, 0.15) is 207 Å². The minimum Gasteiger partial charge on any atom is -0.466 e. The molecule has 0 aromatic rings. The van der Waals surface area contributed by atoms with Crippen molar-refractivity contribution in [1.82, 2.24) is 4.90 Å². The van der Waals surface area contributed by atoms with Crippen molar-refractivity contribution in [3.63, 3.8) is 0 Å². The van der Waals surface area contributed by atoms with E-state index in [1.807, 2.05) is 6.08 Å². The topological polar surface area (TPSA) is 74.3 Å². The summed E-state index contributed by atoms with van der Waals surface area (Å²) in [5.74, 6) is 0.0459. The van der Waals surface area contributed by atoms with Gasteiger partial charge in [0.15, 0.2) is 5.79 Å². The molecule has 1 aliphatic rings. The lowest BCUT2D eigenvalue weighted by Gasteiger charge is -2.29. The summed E-state index contributed by atoms with van der Waals surface area (Å²) in [6.45, 7) is 12.9. The predicted octanol–water partition coefficient (Wildman–Crippen LogP) is 13.0. The predicted molar refractivity (Wildman–Crippen MR) is 233 cm³/mol. The van der Waals surface area contributed by atoms with Crippen LogP contribution in [-0.4, -0.2) is 69.2 Å². The number of carbonyl (C=O) groups is 2. The van der Waals surface area contributed by atoms with E-state index in [4.69, 9.17) is 18.9 Å². The van der Waals surface area contributed by atoms with Gasteiger partial charge in [-0.1, -0.05) is 154 Å². The number of hydrogen-bond donors (Lipinski definition) is 0. The van der Waals surface area contributed by atoms with Crippen molar-refractivity contribution in [2.24, 2.45) is 11.8 Å². The first-order chi connectivity index (χ1) is 27.2. The van der Waals surface area contributed by atoms with Gasteiger partial charge in [-0.05, 0) is 82.8 Å². The maximum Gasteiger partial charge on any atom is 0.306 e. The van der Waals surface area contributed by atoms with Crippen LogP contribution in [0.2, 0.25) is 0 Å². The van der Waals surface area contributed by atoms with Gasteiger partial charge in [0.1, 0.15) is 0 Å². The number of unbranched alkanes of at least 4 members (excludes halogenated alkanes) is 18. The zero-order chi connectivity index (χ0) is 41.0. The lowest BCUT2D eigenvalue weighted by atomic mass is 9.98. The van der Waals surface area contributed by atoms with Gasteiger partial charge >= 0.3 is 11.9 Å². The fraction of sp³-hybridized carbons (Fsp3) is 0.857. The first-order valence-corrected chi connectivity index (χ1v) is 23.4. The minimum absolute atomic E-state index is 0.0196. The highest BCUT2D eigenvalue weighted by Crippen LogP contribution is 2.35. The van der Waals surface area contributed by atoms with E-state index in [0.29, 0.717) is 32.0 Å². The SMILES string of the molecule is C=C=C=C=CC(CCCCC)CC(=O)OCCCCCCCCCCC1(CCCCCCCCCCOC(=O)CC(C)CCCCC)OCC(CCN(C)C)O1. The Bertz CT molecular complexity index is 1090. The Kier molecular flexibility index (Phi) is 33.4. The molecule has 0 spiro atoms. The van der Waals surface area contributed by atoms with E-state index >= 15 is 0 Å². The smallest absolute Gasteiger partial charge is 0.306 e. The van der Waals surface area contributed by atoms with E-state index in [2.05, 4.69) is 63.5 Å². The molecule has 1 fully saturated rings. The van der Waals surface area contributed by atoms with Crippen LogP contribution in [0.5, 0.6) is 0 Å². The van der Waals surface area contributed by atoms with Crippen LogP contribution in [0, 0.1) is 11.8 Å². The Balaban J connectivity index is 2.20. The maximum atomic E-state index is 12.4. The molecule has 0 bridgehead atoms. The van der Waals surface area contributed by atoms with Crippen LogP contribution in [0.15, 0.2) is 29.8 Å². The summed E-state index contributed by atoms with van der Waals surface area (Å²) in [7, 11) is 4.25. The molecular formula is C49H87NO6. The van der Waals surface area contributed by atoms with E-state index in [9.17, 15) is 9.59 Å². The van der Waals surface area contributed by atoms with Gasteiger partial charge in [0, 0.05) is 25.8 Å². The van der Waals surface area contributed by atoms with Gasteiger partial charge < -0.3 is 23.8 Å². The number of ether oxygens (including phenoxy) is 4. The van der Waals surface area contributed by atoms with Crippen LogP contribution in [0.3, 0.4) is 0 Å². The number of esters is 2. The Hall–Kier alpha value is -2.10. The highest BCUT2D eigenvalue weighted by molar-refractivity contribution is 5.70. The molecule has 1 heterocycles. The average Bonchev–Trinajstić information content (AvgIpc) is 3.58. The molecule has 0 amide bonds. The zero-order valence-corrected chi connectivity index (χ0v) is 37.2. The zero-order valence-electron chi connectivity index (χ0n) is 37.2. The fourth-order valence-corrected chi connectivity index (χ4v) is 7.61. The van der Waals surface area contributed by atoms with Crippen LogP contribution in [0.25, 0.3) is 0 Å². The molecule has 324 valence electrons. The minimum atomic E-state index is -0.399. The third-order valence-corrected chi connectivity index (χ3v) is 11.1. The van der Waals surface area contributed by atoms with Crippen LogP contribution in [0.4, 0.5) is 0 Å². The molecule has 7 heteroatoms. The molecule has 56 heavy (non-hydrogen) atoms. The number of allylic oxidation sites excluding steroid dienone is 1. The largest absolute Gasteiger partial charge is 0.466 e. The van der Waals surface area contributed by atoms with Crippen molar-refractivity contribution in [2.75, 3.05) is 40.5 Å². The third kappa shape index (κ3) is 30.0. The molecule has 0 saturated carbocycles. The van der Waals surface area contributed by atoms with E-state index in [-0.39, 0.29) is 24.0 Å². The molecule has 4 unspecified atom stereocenters. The van der Waals surface area contributed by atoms with Gasteiger partial charge in [-0.15, -0.1) is 0 Å². The summed E-state index contributed by atoms with van der Waals surface area (Å²) in [6, 6.07) is 0. The second-order valence-corrected chi connectivity index (χ2v) is 17.0. The molecule has 7 nitrogen and oxygen atoms in total. The Morgan fingerprint density at radius 3 is 1.75 bits per heavy atom. The molecule has 0 N–H and O–H groups in total. The van der Waals surface area contributed by atoms with Gasteiger partial charge in [-0.3, -0.25) is 9.59 Å². The number of carbonyl (C=O) groups excluding carboxylic acids is 2. The summed E-state index contributed by atoms with van der Waals surface area (Å²) in [6.07, 6.45) is 34.2. The summed E-state index contributed by atoms with van der Waals surface area (Å²) in [4.78, 5) is 26.7. The molecule has 1 rings (SSSR count). The molecule has 0 aromatic heterocycles. The van der Waals surface area contributed by atoms with Crippen LogP contribution < -0.4 is 0 Å². The van der Waals surface area contributed by atoms with Gasteiger partial charge in [0.25, 0.3) is 0 Å². The van der Waals surface area contributed by atoms with Crippen LogP contribution >= 0.6 is 0 Å². The second kappa shape index (κ2) is 36.0. The lowest BCUT2D eigenvalue weighted by molar-refractivity contribution is -0.180. The van der Waals surface area contributed by atoms with Crippen LogP contribution in [-0.2, 0) is 28.5 Å². The maximum absolute atomic E-state index is 12.4. The van der Waals surface area contributed by atoms with E-state index in [1.165, 1.54) is 89.9 Å². The Morgan fingerprint density at radius 2 is 1.23 bits per heavy atom. The summed E-state index contributed by atoms with van der Waals surface area (Å²) in [5, 5.41) is 0. The molecule has 1 aliphatic heterocycles.